The van der Waals surface area contributed by atoms with Gasteiger partial charge in [-0.15, -0.1) is 0 Å². The molecule has 1 heterocycles. The molecule has 6 rings (SSSR count). The molecule has 0 amide bonds. The van der Waals surface area contributed by atoms with Crippen LogP contribution >= 0.6 is 0 Å². The minimum Gasteiger partial charge on any atom is -0.366 e. The second kappa shape index (κ2) is 5.10. The summed E-state index contributed by atoms with van der Waals surface area (Å²) < 4.78 is 6.60. The van der Waals surface area contributed by atoms with Crippen molar-refractivity contribution in [3.63, 3.8) is 0 Å². The Balaban J connectivity index is 1.37. The van der Waals surface area contributed by atoms with E-state index in [1.807, 2.05) is 0 Å². The third-order valence-electron chi connectivity index (χ3n) is 9.75. The van der Waals surface area contributed by atoms with Crippen molar-refractivity contribution in [2.45, 2.75) is 82.8 Å². The zero-order valence-corrected chi connectivity index (χ0v) is 16.0. The Hall–Kier alpha value is -0.960. The lowest BCUT2D eigenvalue weighted by Gasteiger charge is -2.54. The van der Waals surface area contributed by atoms with E-state index in [0.29, 0.717) is 10.8 Å². The molecule has 3 nitrogen and oxygen atoms in total. The maximum atomic E-state index is 11.0. The molecule has 6 atom stereocenters. The third-order valence-corrected chi connectivity index (χ3v) is 9.75. The number of nitroso groups, excluding NO2 is 1. The quantitative estimate of drug-likeness (QED) is 0.458. The monoisotopic (exact) mass is 353 g/mol. The lowest BCUT2D eigenvalue weighted by Crippen LogP contribution is -2.53. The molecular weight excluding hydrogens is 322 g/mol. The molecule has 0 aromatic heterocycles. The normalized spacial score (nSPS) is 50.7. The van der Waals surface area contributed by atoms with Crippen molar-refractivity contribution in [3.8, 4) is 0 Å². The number of allylic oxidation sites excluding steroid dienone is 1. The van der Waals surface area contributed by atoms with Gasteiger partial charge in [-0.2, -0.15) is 4.91 Å². The molecular formula is C23H31NO2. The van der Waals surface area contributed by atoms with Crippen LogP contribution in [0.2, 0.25) is 0 Å². The number of hydrogen-bond acceptors (Lipinski definition) is 3. The number of fused-ring (bicyclic) bond motifs is 6. The first-order valence-corrected chi connectivity index (χ1v) is 11.0. The molecule has 0 aromatic rings. The van der Waals surface area contributed by atoms with Crippen molar-refractivity contribution in [1.82, 2.24) is 0 Å². The van der Waals surface area contributed by atoms with Crippen LogP contribution in [0, 0.1) is 33.5 Å². The zero-order chi connectivity index (χ0) is 17.6. The van der Waals surface area contributed by atoms with Crippen LogP contribution in [0.1, 0.15) is 71.1 Å². The van der Waals surface area contributed by atoms with Crippen LogP contribution in [0.5, 0.6) is 0 Å². The maximum Gasteiger partial charge on any atom is 0.0979 e. The highest BCUT2D eigenvalue weighted by Gasteiger charge is 2.76. The maximum absolute atomic E-state index is 11.0. The molecule has 0 aromatic carbocycles. The number of rotatable bonds is 1. The summed E-state index contributed by atoms with van der Waals surface area (Å²) in [7, 11) is 0. The Kier molecular flexibility index (Phi) is 3.14. The first kappa shape index (κ1) is 16.0. The van der Waals surface area contributed by atoms with Gasteiger partial charge >= 0.3 is 0 Å². The van der Waals surface area contributed by atoms with Crippen LogP contribution in [0.3, 0.4) is 0 Å². The van der Waals surface area contributed by atoms with Gasteiger partial charge in [-0.05, 0) is 82.0 Å². The predicted molar refractivity (Wildman–Crippen MR) is 102 cm³/mol. The largest absolute Gasteiger partial charge is 0.366 e. The topological polar surface area (TPSA) is 38.7 Å². The third kappa shape index (κ3) is 1.75. The minimum absolute atomic E-state index is 0.0450. The van der Waals surface area contributed by atoms with Gasteiger partial charge in [-0.25, -0.2) is 0 Å². The first-order valence-electron chi connectivity index (χ1n) is 11.0. The fraction of sp³-hybridized carbons (Fsp3) is 0.826. The van der Waals surface area contributed by atoms with Crippen LogP contribution in [0.4, 0.5) is 0 Å². The average molecular weight is 354 g/mol. The molecule has 3 heteroatoms. The SMILES string of the molecule is C[C@]12CCC3C4=C(CCC3C1CC1(CC1)[C@@]21C=CCO1)CC(N=O)CC4. The summed E-state index contributed by atoms with van der Waals surface area (Å²) in [4.78, 5) is 11.0. The standard InChI is InChI=1S/C23H31NO2/c1-21-9-7-18-17-6-4-16(24-25)13-15(17)3-5-19(18)20(21)14-22(10-11-22)23(21)8-2-12-26-23/h2,8,16,18-20H,3-7,9-14H2,1H3/t16?,18?,19?,20?,21-,23+/m0/s1. The Morgan fingerprint density at radius 1 is 1.15 bits per heavy atom. The highest BCUT2D eigenvalue weighted by molar-refractivity contribution is 5.36. The van der Waals surface area contributed by atoms with Crippen LogP contribution < -0.4 is 0 Å². The van der Waals surface area contributed by atoms with Gasteiger partial charge in [0.15, 0.2) is 0 Å². The molecule has 0 saturated heterocycles. The van der Waals surface area contributed by atoms with E-state index < -0.39 is 0 Å². The summed E-state index contributed by atoms with van der Waals surface area (Å²) in [5, 5.41) is 3.37. The molecule has 4 unspecified atom stereocenters. The molecule has 3 fully saturated rings. The summed E-state index contributed by atoms with van der Waals surface area (Å²) in [6, 6.07) is 0.0562. The van der Waals surface area contributed by atoms with Gasteiger partial charge in [0.05, 0.1) is 18.2 Å². The minimum atomic E-state index is 0.0450. The highest BCUT2D eigenvalue weighted by Crippen LogP contribution is 2.78. The lowest BCUT2D eigenvalue weighted by atomic mass is 9.52. The van der Waals surface area contributed by atoms with E-state index in [0.717, 1.165) is 43.6 Å². The van der Waals surface area contributed by atoms with Gasteiger partial charge in [0.25, 0.3) is 0 Å². The molecule has 1 aliphatic heterocycles. The summed E-state index contributed by atoms with van der Waals surface area (Å²) in [5.41, 5.74) is 4.22. The van der Waals surface area contributed by atoms with Crippen LogP contribution in [0.25, 0.3) is 0 Å². The number of nitrogens with zero attached hydrogens (tertiary/aromatic N) is 1. The molecule has 0 bridgehead atoms. The highest BCUT2D eigenvalue weighted by atomic mass is 16.5. The van der Waals surface area contributed by atoms with Crippen molar-refractivity contribution in [1.29, 1.82) is 0 Å². The molecule has 6 aliphatic rings. The summed E-state index contributed by atoms with van der Waals surface area (Å²) in [6.45, 7) is 3.40. The van der Waals surface area contributed by atoms with E-state index in [-0.39, 0.29) is 11.6 Å². The molecule has 0 N–H and O–H groups in total. The van der Waals surface area contributed by atoms with Crippen LogP contribution in [-0.2, 0) is 4.74 Å². The van der Waals surface area contributed by atoms with E-state index in [4.69, 9.17) is 4.74 Å². The van der Waals surface area contributed by atoms with Gasteiger partial charge < -0.3 is 4.74 Å². The summed E-state index contributed by atoms with van der Waals surface area (Å²) in [6.07, 6.45) is 17.3. The van der Waals surface area contributed by atoms with Crippen molar-refractivity contribution >= 4 is 0 Å². The molecule has 26 heavy (non-hydrogen) atoms. The van der Waals surface area contributed by atoms with E-state index in [1.54, 1.807) is 11.1 Å². The molecule has 140 valence electrons. The Morgan fingerprint density at radius 2 is 2.04 bits per heavy atom. The van der Waals surface area contributed by atoms with Crippen molar-refractivity contribution in [3.05, 3.63) is 28.2 Å². The second-order valence-corrected chi connectivity index (χ2v) is 10.4. The van der Waals surface area contributed by atoms with Gasteiger partial charge in [0.2, 0.25) is 0 Å². The first-order chi connectivity index (χ1) is 12.6. The van der Waals surface area contributed by atoms with E-state index in [2.05, 4.69) is 24.3 Å². The molecule has 3 saturated carbocycles. The molecule has 5 aliphatic carbocycles. The number of hydrogen-bond donors (Lipinski definition) is 0. The fourth-order valence-electron chi connectivity index (χ4n) is 8.47. The zero-order valence-electron chi connectivity index (χ0n) is 16.0. The van der Waals surface area contributed by atoms with E-state index >= 15 is 0 Å². The molecule has 0 radical (unpaired) electrons. The van der Waals surface area contributed by atoms with Gasteiger partial charge in [-0.3, -0.25) is 0 Å². The Labute approximate surface area is 156 Å². The smallest absolute Gasteiger partial charge is 0.0979 e. The molecule has 2 spiro atoms. The van der Waals surface area contributed by atoms with Crippen molar-refractivity contribution in [2.75, 3.05) is 6.61 Å². The van der Waals surface area contributed by atoms with Crippen molar-refractivity contribution < 1.29 is 4.74 Å². The van der Waals surface area contributed by atoms with Gasteiger partial charge in [-0.1, -0.05) is 35.4 Å². The van der Waals surface area contributed by atoms with E-state index in [1.165, 1.54) is 44.9 Å². The van der Waals surface area contributed by atoms with Crippen LogP contribution in [-0.4, -0.2) is 18.2 Å². The number of ether oxygens (including phenoxy) is 1. The van der Waals surface area contributed by atoms with E-state index in [9.17, 15) is 4.91 Å². The van der Waals surface area contributed by atoms with Gasteiger partial charge in [0, 0.05) is 10.8 Å². The predicted octanol–water partition coefficient (Wildman–Crippen LogP) is 5.55. The second-order valence-electron chi connectivity index (χ2n) is 10.4. The Bertz CT molecular complexity index is 720. The summed E-state index contributed by atoms with van der Waals surface area (Å²) in [5.74, 6) is 2.46. The Morgan fingerprint density at radius 3 is 2.77 bits per heavy atom. The average Bonchev–Trinajstić information content (AvgIpc) is 3.20. The van der Waals surface area contributed by atoms with Crippen molar-refractivity contribution in [2.24, 2.45) is 33.8 Å². The van der Waals surface area contributed by atoms with Crippen LogP contribution in [0.15, 0.2) is 28.5 Å². The lowest BCUT2D eigenvalue weighted by molar-refractivity contribution is -0.121. The fourth-order valence-corrected chi connectivity index (χ4v) is 8.47. The summed E-state index contributed by atoms with van der Waals surface area (Å²) >= 11 is 0. The van der Waals surface area contributed by atoms with Gasteiger partial charge in [0.1, 0.15) is 0 Å².